The van der Waals surface area contributed by atoms with E-state index in [1.807, 2.05) is 0 Å². The zero-order chi connectivity index (χ0) is 50.6. The molecular weight excluding hydrogens is 917 g/mol. The normalized spacial score (nSPS) is 11.6. The minimum Gasteiger partial charge on any atom is -0.310 e. The van der Waals surface area contributed by atoms with Gasteiger partial charge in [0, 0.05) is 33.5 Å². The van der Waals surface area contributed by atoms with Gasteiger partial charge in [-0.1, -0.05) is 243 Å². The van der Waals surface area contributed by atoms with Gasteiger partial charge in [-0.25, -0.2) is 0 Å². The molecule has 13 rings (SSSR count). The topological polar surface area (TPSA) is 6.48 Å². The Balaban J connectivity index is 0.941. The van der Waals surface area contributed by atoms with Crippen molar-refractivity contribution in [2.45, 2.75) is 0 Å². The lowest BCUT2D eigenvalue weighted by Crippen LogP contribution is -2.10. The Morgan fingerprint density at radius 3 is 0.855 bits per heavy atom. The van der Waals surface area contributed by atoms with Gasteiger partial charge in [-0.3, -0.25) is 0 Å². The first-order valence-electron chi connectivity index (χ1n) is 26.1. The first-order valence-corrected chi connectivity index (χ1v) is 26.1. The highest BCUT2D eigenvalue weighted by molar-refractivity contribution is 6.22. The number of hydrogen-bond acceptors (Lipinski definition) is 2. The zero-order valence-corrected chi connectivity index (χ0v) is 41.9. The minimum absolute atomic E-state index is 1.12. The van der Waals surface area contributed by atoms with Crippen LogP contribution < -0.4 is 9.80 Å². The third kappa shape index (κ3) is 8.78. The molecule has 0 saturated carbocycles. The molecule has 0 unspecified atom stereocenters. The molecular formula is C74H52N2. The van der Waals surface area contributed by atoms with Gasteiger partial charge in [-0.2, -0.15) is 0 Å². The Morgan fingerprint density at radius 1 is 0.211 bits per heavy atom. The van der Waals surface area contributed by atoms with Crippen LogP contribution in [0.15, 0.2) is 291 Å². The van der Waals surface area contributed by atoms with E-state index in [2.05, 4.69) is 325 Å². The van der Waals surface area contributed by atoms with Crippen molar-refractivity contribution in [1.82, 2.24) is 0 Å². The molecule has 0 aromatic heterocycles. The number of fused-ring (bicyclic) bond motifs is 5. The maximum Gasteiger partial charge on any atom is 0.0540 e. The van der Waals surface area contributed by atoms with Crippen LogP contribution in [0.2, 0.25) is 0 Å². The van der Waals surface area contributed by atoms with Gasteiger partial charge in [-0.05, 0) is 150 Å². The summed E-state index contributed by atoms with van der Waals surface area (Å²) >= 11 is 0. The van der Waals surface area contributed by atoms with Crippen molar-refractivity contribution in [2.24, 2.45) is 0 Å². The number of anilines is 6. The molecule has 0 amide bonds. The van der Waals surface area contributed by atoms with Crippen LogP contribution in [0.3, 0.4) is 0 Å². The van der Waals surface area contributed by atoms with Crippen LogP contribution >= 0.6 is 0 Å². The van der Waals surface area contributed by atoms with E-state index in [1.54, 1.807) is 0 Å². The first kappa shape index (κ1) is 45.8. The fourth-order valence-electron chi connectivity index (χ4n) is 11.1. The summed E-state index contributed by atoms with van der Waals surface area (Å²) in [6, 6.07) is 105. The molecule has 0 N–H and O–H groups in total. The highest BCUT2D eigenvalue weighted by Crippen LogP contribution is 2.46. The van der Waals surface area contributed by atoms with E-state index in [4.69, 9.17) is 0 Å². The maximum absolute atomic E-state index is 2.39. The Labute approximate surface area is 444 Å². The molecule has 0 fully saturated rings. The number of rotatable bonds is 12. The highest BCUT2D eigenvalue weighted by atomic mass is 15.1. The SMILES string of the molecule is C(=C\c1ccc(N(c2ccccc2)c2ccccc2)c2ccccc12)/c1ccc2c(-c3ccccc3)c(-c3ccccc3)c3ccc(/C=C/c4ccc(N(c5ccccc5)c5ccccc5)c5ccccc45)cc3c2c1. The summed E-state index contributed by atoms with van der Waals surface area (Å²) in [6.45, 7) is 0. The molecule has 0 radical (unpaired) electrons. The molecule has 2 heteroatoms. The molecule has 2 nitrogen and oxygen atoms in total. The van der Waals surface area contributed by atoms with Gasteiger partial charge in [0.15, 0.2) is 0 Å². The van der Waals surface area contributed by atoms with E-state index in [0.29, 0.717) is 0 Å². The van der Waals surface area contributed by atoms with Crippen LogP contribution in [-0.4, -0.2) is 0 Å². The van der Waals surface area contributed by atoms with E-state index in [0.717, 1.165) is 56.4 Å². The van der Waals surface area contributed by atoms with Gasteiger partial charge >= 0.3 is 0 Å². The largest absolute Gasteiger partial charge is 0.310 e. The fourth-order valence-corrected chi connectivity index (χ4v) is 11.1. The predicted octanol–water partition coefficient (Wildman–Crippen LogP) is 20.9. The van der Waals surface area contributed by atoms with Crippen molar-refractivity contribution in [2.75, 3.05) is 9.80 Å². The highest BCUT2D eigenvalue weighted by Gasteiger charge is 2.20. The monoisotopic (exact) mass is 968 g/mol. The molecule has 0 aliphatic heterocycles. The fraction of sp³-hybridized carbons (Fsp3) is 0. The molecule has 13 aromatic rings. The second-order valence-corrected chi connectivity index (χ2v) is 19.2. The van der Waals surface area contributed by atoms with Crippen LogP contribution in [0.25, 0.3) is 89.6 Å². The van der Waals surface area contributed by atoms with Crippen molar-refractivity contribution >= 4 is 102 Å². The molecule has 0 saturated heterocycles. The summed E-state index contributed by atoms with van der Waals surface area (Å²) in [5.41, 5.74) is 16.2. The second-order valence-electron chi connectivity index (χ2n) is 19.2. The van der Waals surface area contributed by atoms with Gasteiger partial charge < -0.3 is 9.80 Å². The quantitative estimate of drug-likeness (QED) is 0.0889. The van der Waals surface area contributed by atoms with Gasteiger partial charge in [-0.15, -0.1) is 0 Å². The molecule has 0 bridgehead atoms. The number of benzene rings is 13. The summed E-state index contributed by atoms with van der Waals surface area (Å²) in [5, 5.41) is 9.63. The number of hydrogen-bond donors (Lipinski definition) is 0. The van der Waals surface area contributed by atoms with Crippen LogP contribution in [0.4, 0.5) is 34.1 Å². The third-order valence-electron chi connectivity index (χ3n) is 14.6. The summed E-state index contributed by atoms with van der Waals surface area (Å²) < 4.78 is 0. The van der Waals surface area contributed by atoms with Gasteiger partial charge in [0.05, 0.1) is 11.4 Å². The molecule has 0 aliphatic rings. The average molecular weight is 969 g/mol. The summed E-state index contributed by atoms with van der Waals surface area (Å²) in [7, 11) is 0. The van der Waals surface area contributed by atoms with Crippen molar-refractivity contribution < 1.29 is 0 Å². The van der Waals surface area contributed by atoms with Crippen molar-refractivity contribution in [1.29, 1.82) is 0 Å². The average Bonchev–Trinajstić information content (AvgIpc) is 3.62. The van der Waals surface area contributed by atoms with Crippen LogP contribution in [0.1, 0.15) is 22.3 Å². The van der Waals surface area contributed by atoms with Gasteiger partial charge in [0.25, 0.3) is 0 Å². The van der Waals surface area contributed by atoms with Crippen molar-refractivity contribution in [3.05, 3.63) is 313 Å². The third-order valence-corrected chi connectivity index (χ3v) is 14.6. The van der Waals surface area contributed by atoms with E-state index in [1.165, 1.54) is 65.3 Å². The van der Waals surface area contributed by atoms with Crippen LogP contribution in [0.5, 0.6) is 0 Å². The van der Waals surface area contributed by atoms with E-state index in [-0.39, 0.29) is 0 Å². The Morgan fingerprint density at radius 2 is 0.513 bits per heavy atom. The number of para-hydroxylation sites is 4. The Bertz CT molecular complexity index is 3890. The lowest BCUT2D eigenvalue weighted by atomic mass is 9.84. The Kier molecular flexibility index (Phi) is 12.3. The lowest BCUT2D eigenvalue weighted by Gasteiger charge is -2.27. The van der Waals surface area contributed by atoms with Crippen molar-refractivity contribution in [3.63, 3.8) is 0 Å². The lowest BCUT2D eigenvalue weighted by molar-refractivity contribution is 1.30. The summed E-state index contributed by atoms with van der Waals surface area (Å²) in [5.74, 6) is 0. The van der Waals surface area contributed by atoms with Gasteiger partial charge in [0.1, 0.15) is 0 Å². The summed E-state index contributed by atoms with van der Waals surface area (Å²) in [4.78, 5) is 4.71. The van der Waals surface area contributed by atoms with Crippen LogP contribution in [0, 0.1) is 0 Å². The molecule has 358 valence electrons. The smallest absolute Gasteiger partial charge is 0.0540 e. The predicted molar refractivity (Wildman–Crippen MR) is 327 cm³/mol. The zero-order valence-electron chi connectivity index (χ0n) is 41.9. The molecule has 0 spiro atoms. The molecule has 13 aromatic carbocycles. The second kappa shape index (κ2) is 20.5. The molecule has 0 heterocycles. The van der Waals surface area contributed by atoms with Crippen molar-refractivity contribution in [3.8, 4) is 22.3 Å². The Hall–Kier alpha value is -10.0. The van der Waals surface area contributed by atoms with E-state index >= 15 is 0 Å². The first-order chi connectivity index (χ1) is 37.7. The number of nitrogens with zero attached hydrogens (tertiary/aromatic N) is 2. The molecule has 0 atom stereocenters. The standard InChI is InChI=1S/C74H52N2/c1-7-23-57(24-8-1)73-67-47-41-53(39-43-55-45-49-71(65-37-21-19-35-63(55)65)75(59-27-11-3-12-28-59)60-29-13-4-14-30-60)51-69(67)70-52-54(42-48-68(70)74(73)58-25-9-2-10-26-58)40-44-56-46-50-72(66-38-22-20-36-64(56)66)76(61-31-15-5-16-32-61)62-33-17-6-18-34-62/h1-52H/b43-39+,44-40+. The molecule has 0 aliphatic carbocycles. The minimum atomic E-state index is 1.12. The maximum atomic E-state index is 2.39. The van der Waals surface area contributed by atoms with E-state index < -0.39 is 0 Å². The van der Waals surface area contributed by atoms with Gasteiger partial charge in [0.2, 0.25) is 0 Å². The summed E-state index contributed by atoms with van der Waals surface area (Å²) in [6.07, 6.45) is 9.12. The van der Waals surface area contributed by atoms with Crippen LogP contribution in [-0.2, 0) is 0 Å². The van der Waals surface area contributed by atoms with E-state index in [9.17, 15) is 0 Å². The molecule has 76 heavy (non-hydrogen) atoms.